The Balaban J connectivity index is 1.88. The third-order valence-electron chi connectivity index (χ3n) is 2.94. The molecule has 21 heavy (non-hydrogen) atoms. The highest BCUT2D eigenvalue weighted by atomic mass is 32.1. The van der Waals surface area contributed by atoms with E-state index in [1.165, 1.54) is 6.07 Å². The van der Waals surface area contributed by atoms with Crippen molar-refractivity contribution in [3.63, 3.8) is 0 Å². The molecular formula is C15H16N2O3S. The van der Waals surface area contributed by atoms with Gasteiger partial charge >= 0.3 is 12.0 Å². The number of carboxylic acid groups (broad SMARTS) is 1. The number of nitrogens with zero attached hydrogens (tertiary/aromatic N) is 1. The van der Waals surface area contributed by atoms with Crippen LogP contribution in [0.25, 0.3) is 0 Å². The molecular weight excluding hydrogens is 288 g/mol. The van der Waals surface area contributed by atoms with Crippen molar-refractivity contribution < 1.29 is 14.7 Å². The number of carbonyl (C=O) groups is 2. The van der Waals surface area contributed by atoms with E-state index < -0.39 is 5.97 Å². The van der Waals surface area contributed by atoms with Crippen LogP contribution in [0.4, 0.5) is 4.79 Å². The summed E-state index contributed by atoms with van der Waals surface area (Å²) in [5, 5.41) is 13.7. The molecule has 1 aromatic heterocycles. The molecule has 110 valence electrons. The molecule has 2 N–H and O–H groups in total. The zero-order valence-electron chi connectivity index (χ0n) is 11.6. The fourth-order valence-electron chi connectivity index (χ4n) is 1.84. The number of urea groups is 1. The van der Waals surface area contributed by atoms with Gasteiger partial charge in [-0.25, -0.2) is 9.59 Å². The lowest BCUT2D eigenvalue weighted by atomic mass is 10.1. The van der Waals surface area contributed by atoms with E-state index in [2.05, 4.69) is 5.32 Å². The number of nitrogens with one attached hydrogen (secondary N) is 1. The van der Waals surface area contributed by atoms with Crippen molar-refractivity contribution in [2.24, 2.45) is 0 Å². The van der Waals surface area contributed by atoms with Gasteiger partial charge in [-0.15, -0.1) is 11.3 Å². The molecule has 2 aromatic rings. The van der Waals surface area contributed by atoms with Crippen LogP contribution in [0.2, 0.25) is 0 Å². The summed E-state index contributed by atoms with van der Waals surface area (Å²) in [4.78, 5) is 25.5. The van der Waals surface area contributed by atoms with Gasteiger partial charge in [-0.3, -0.25) is 0 Å². The fraction of sp³-hybridized carbons (Fsp3) is 0.200. The number of carboxylic acids is 1. The minimum atomic E-state index is -0.974. The highest BCUT2D eigenvalue weighted by Crippen LogP contribution is 2.11. The fourth-order valence-corrected chi connectivity index (χ4v) is 2.59. The van der Waals surface area contributed by atoms with Gasteiger partial charge in [-0.05, 0) is 29.1 Å². The second-order valence-electron chi connectivity index (χ2n) is 4.60. The predicted octanol–water partition coefficient (Wildman–Crippen LogP) is 2.79. The molecule has 0 saturated heterocycles. The zero-order valence-corrected chi connectivity index (χ0v) is 12.4. The van der Waals surface area contributed by atoms with E-state index in [1.807, 2.05) is 17.5 Å². The summed E-state index contributed by atoms with van der Waals surface area (Å²) >= 11 is 1.60. The quantitative estimate of drug-likeness (QED) is 0.892. The Bertz CT molecular complexity index is 626. The number of rotatable bonds is 5. The maximum absolute atomic E-state index is 12.0. The Morgan fingerprint density at radius 2 is 2.10 bits per heavy atom. The van der Waals surface area contributed by atoms with Gasteiger partial charge in [-0.1, -0.05) is 18.2 Å². The molecule has 0 spiro atoms. The third-order valence-corrected chi connectivity index (χ3v) is 3.80. The molecule has 2 amide bonds. The first-order valence-corrected chi connectivity index (χ1v) is 7.28. The standard InChI is InChI=1S/C15H16N2O3S/c1-17(10-13-6-3-7-21-13)15(20)16-9-11-4-2-5-12(8-11)14(18)19/h2-8H,9-10H2,1H3,(H,16,20)(H,18,19). The number of carbonyl (C=O) groups excluding carboxylic acids is 1. The van der Waals surface area contributed by atoms with Crippen LogP contribution in [0.3, 0.4) is 0 Å². The summed E-state index contributed by atoms with van der Waals surface area (Å²) in [6, 6.07) is 10.3. The summed E-state index contributed by atoms with van der Waals surface area (Å²) in [5.41, 5.74) is 0.974. The third kappa shape index (κ3) is 4.32. The Morgan fingerprint density at radius 3 is 2.76 bits per heavy atom. The van der Waals surface area contributed by atoms with Crippen LogP contribution in [-0.4, -0.2) is 29.1 Å². The van der Waals surface area contributed by atoms with Crippen molar-refractivity contribution in [1.29, 1.82) is 0 Å². The normalized spacial score (nSPS) is 10.1. The molecule has 0 aliphatic heterocycles. The van der Waals surface area contributed by atoms with E-state index >= 15 is 0 Å². The summed E-state index contributed by atoms with van der Waals surface area (Å²) in [6.07, 6.45) is 0. The van der Waals surface area contributed by atoms with E-state index in [1.54, 1.807) is 41.5 Å². The Labute approximate surface area is 126 Å². The average molecular weight is 304 g/mol. The molecule has 0 unspecified atom stereocenters. The molecule has 0 radical (unpaired) electrons. The van der Waals surface area contributed by atoms with Gasteiger partial charge in [0.1, 0.15) is 0 Å². The minimum absolute atomic E-state index is 0.191. The first kappa shape index (κ1) is 15.1. The Kier molecular flexibility index (Phi) is 4.94. The summed E-state index contributed by atoms with van der Waals surface area (Å²) in [6.45, 7) is 0.855. The van der Waals surface area contributed by atoms with Gasteiger partial charge in [0, 0.05) is 18.5 Å². The second-order valence-corrected chi connectivity index (χ2v) is 5.63. The van der Waals surface area contributed by atoms with Gasteiger partial charge in [0.25, 0.3) is 0 Å². The molecule has 1 aromatic carbocycles. The van der Waals surface area contributed by atoms with Gasteiger partial charge in [0.2, 0.25) is 0 Å². The first-order valence-electron chi connectivity index (χ1n) is 6.40. The van der Waals surface area contributed by atoms with E-state index in [-0.39, 0.29) is 11.6 Å². The van der Waals surface area contributed by atoms with E-state index in [4.69, 9.17) is 5.11 Å². The Hall–Kier alpha value is -2.34. The molecule has 2 rings (SSSR count). The lowest BCUT2D eigenvalue weighted by molar-refractivity contribution is 0.0696. The maximum Gasteiger partial charge on any atom is 0.335 e. The SMILES string of the molecule is CN(Cc1cccs1)C(=O)NCc1cccc(C(=O)O)c1. The number of hydrogen-bond donors (Lipinski definition) is 2. The van der Waals surface area contributed by atoms with Crippen LogP contribution < -0.4 is 5.32 Å². The van der Waals surface area contributed by atoms with Crippen LogP contribution in [0.1, 0.15) is 20.8 Å². The Morgan fingerprint density at radius 1 is 1.29 bits per heavy atom. The van der Waals surface area contributed by atoms with Crippen LogP contribution in [0.15, 0.2) is 41.8 Å². The van der Waals surface area contributed by atoms with Gasteiger partial charge < -0.3 is 15.3 Å². The second kappa shape index (κ2) is 6.90. The lowest BCUT2D eigenvalue weighted by Gasteiger charge is -2.17. The largest absolute Gasteiger partial charge is 0.478 e. The number of amides is 2. The molecule has 0 fully saturated rings. The molecule has 0 atom stereocenters. The highest BCUT2D eigenvalue weighted by Gasteiger charge is 2.10. The van der Waals surface area contributed by atoms with Gasteiger partial charge in [0.05, 0.1) is 12.1 Å². The first-order chi connectivity index (χ1) is 10.1. The van der Waals surface area contributed by atoms with Crippen LogP contribution in [0.5, 0.6) is 0 Å². The average Bonchev–Trinajstić information content (AvgIpc) is 2.97. The van der Waals surface area contributed by atoms with E-state index in [0.717, 1.165) is 10.4 Å². The summed E-state index contributed by atoms with van der Waals surface area (Å²) in [5.74, 6) is -0.974. The molecule has 0 bridgehead atoms. The molecule has 0 aliphatic carbocycles. The van der Waals surface area contributed by atoms with Gasteiger partial charge in [0.15, 0.2) is 0 Å². The van der Waals surface area contributed by atoms with Crippen LogP contribution in [-0.2, 0) is 13.1 Å². The van der Waals surface area contributed by atoms with E-state index in [9.17, 15) is 9.59 Å². The molecule has 0 aliphatic rings. The van der Waals surface area contributed by atoms with Crippen molar-refractivity contribution in [3.8, 4) is 0 Å². The van der Waals surface area contributed by atoms with Gasteiger partial charge in [-0.2, -0.15) is 0 Å². The molecule has 1 heterocycles. The zero-order chi connectivity index (χ0) is 15.2. The molecule has 5 nitrogen and oxygen atoms in total. The topological polar surface area (TPSA) is 69.6 Å². The maximum atomic E-state index is 12.0. The van der Waals surface area contributed by atoms with Crippen molar-refractivity contribution in [1.82, 2.24) is 10.2 Å². The van der Waals surface area contributed by atoms with Crippen LogP contribution >= 0.6 is 11.3 Å². The predicted molar refractivity (Wildman–Crippen MR) is 81.4 cm³/mol. The lowest BCUT2D eigenvalue weighted by Crippen LogP contribution is -2.36. The van der Waals surface area contributed by atoms with Crippen molar-refractivity contribution in [2.45, 2.75) is 13.1 Å². The minimum Gasteiger partial charge on any atom is -0.478 e. The smallest absolute Gasteiger partial charge is 0.335 e. The van der Waals surface area contributed by atoms with Crippen molar-refractivity contribution >= 4 is 23.3 Å². The number of aromatic carboxylic acids is 1. The van der Waals surface area contributed by atoms with Crippen molar-refractivity contribution in [2.75, 3.05) is 7.05 Å². The summed E-state index contributed by atoms with van der Waals surface area (Å²) < 4.78 is 0. The molecule has 0 saturated carbocycles. The van der Waals surface area contributed by atoms with Crippen molar-refractivity contribution in [3.05, 3.63) is 57.8 Å². The number of thiophene rings is 1. The number of hydrogen-bond acceptors (Lipinski definition) is 3. The monoisotopic (exact) mass is 304 g/mol. The number of benzene rings is 1. The molecule has 6 heteroatoms. The highest BCUT2D eigenvalue weighted by molar-refractivity contribution is 7.09. The van der Waals surface area contributed by atoms with Crippen LogP contribution in [0, 0.1) is 0 Å². The van der Waals surface area contributed by atoms with E-state index in [0.29, 0.717) is 13.1 Å². The summed E-state index contributed by atoms with van der Waals surface area (Å²) in [7, 11) is 1.72.